The second-order valence-electron chi connectivity index (χ2n) is 6.08. The van der Waals surface area contributed by atoms with E-state index in [0.717, 1.165) is 12.8 Å². The van der Waals surface area contributed by atoms with Gasteiger partial charge in [-0.2, -0.15) is 0 Å². The van der Waals surface area contributed by atoms with Crippen molar-refractivity contribution in [2.75, 3.05) is 0 Å². The first-order valence-corrected chi connectivity index (χ1v) is 9.00. The molecule has 24 heavy (non-hydrogen) atoms. The van der Waals surface area contributed by atoms with Crippen LogP contribution in [0.5, 0.6) is 0 Å². The number of nitro groups is 1. The van der Waals surface area contributed by atoms with Crippen molar-refractivity contribution in [2.45, 2.75) is 44.7 Å². The molecule has 1 aliphatic rings. The number of rotatable bonds is 7. The molecule has 0 aromatic carbocycles. The number of aryl methyl sites for hydroxylation is 1. The maximum Gasteiger partial charge on any atom is 0.381 e. The van der Waals surface area contributed by atoms with Crippen molar-refractivity contribution < 1.29 is 9.72 Å². The Morgan fingerprint density at radius 1 is 1.50 bits per heavy atom. The van der Waals surface area contributed by atoms with Crippen LogP contribution in [0.25, 0.3) is 0 Å². The average Bonchev–Trinajstić information content (AvgIpc) is 3.33. The molecule has 0 aliphatic heterocycles. The number of carbonyl (C=O) groups is 1. The van der Waals surface area contributed by atoms with Crippen LogP contribution >= 0.6 is 11.3 Å². The summed E-state index contributed by atoms with van der Waals surface area (Å²) in [7, 11) is 0. The summed E-state index contributed by atoms with van der Waals surface area (Å²) in [6.45, 7) is 0.383. The Morgan fingerprint density at radius 2 is 2.29 bits per heavy atom. The average molecular weight is 348 g/mol. The topological polar surface area (TPSA) is 90.1 Å². The number of carbonyl (C=O) groups excluding carboxylic acids is 1. The van der Waals surface area contributed by atoms with Crippen molar-refractivity contribution in [1.29, 1.82) is 0 Å². The maximum absolute atomic E-state index is 12.3. The van der Waals surface area contributed by atoms with Crippen molar-refractivity contribution in [3.05, 3.63) is 45.0 Å². The lowest BCUT2D eigenvalue weighted by atomic mass is 9.96. The van der Waals surface area contributed by atoms with Crippen molar-refractivity contribution in [1.82, 2.24) is 14.9 Å². The first-order valence-electron chi connectivity index (χ1n) is 8.12. The second kappa shape index (κ2) is 7.57. The van der Waals surface area contributed by atoms with E-state index in [-0.39, 0.29) is 24.2 Å². The van der Waals surface area contributed by atoms with E-state index >= 15 is 0 Å². The number of hydrogen-bond acceptors (Lipinski definition) is 5. The van der Waals surface area contributed by atoms with Crippen LogP contribution < -0.4 is 5.32 Å². The second-order valence-corrected chi connectivity index (χ2v) is 7.06. The highest BCUT2D eigenvalue weighted by Crippen LogP contribution is 2.37. The standard InChI is InChI=1S/C16H20N4O3S/c21-15(7-8-19-10-14(17-11-19)20(22)23)18-16(12-4-1-2-5-12)13-6-3-9-24-13/h3,6,9-12,16H,1-2,4-5,7-8H2,(H,18,21)/t16-/m0/s1. The van der Waals surface area contributed by atoms with Crippen molar-refractivity contribution >= 4 is 23.1 Å². The summed E-state index contributed by atoms with van der Waals surface area (Å²) in [6.07, 6.45) is 7.76. The van der Waals surface area contributed by atoms with Gasteiger partial charge >= 0.3 is 5.82 Å². The lowest BCUT2D eigenvalue weighted by Crippen LogP contribution is -2.32. The smallest absolute Gasteiger partial charge is 0.358 e. The molecule has 1 saturated carbocycles. The minimum Gasteiger partial charge on any atom is -0.358 e. The van der Waals surface area contributed by atoms with Gasteiger partial charge in [-0.3, -0.25) is 4.79 Å². The first-order chi connectivity index (χ1) is 11.6. The van der Waals surface area contributed by atoms with E-state index in [9.17, 15) is 14.9 Å². The normalized spacial score (nSPS) is 16.2. The number of nitrogens with zero attached hydrogens (tertiary/aromatic N) is 3. The van der Waals surface area contributed by atoms with Gasteiger partial charge in [-0.25, -0.2) is 0 Å². The lowest BCUT2D eigenvalue weighted by molar-refractivity contribution is -0.389. The molecule has 3 rings (SSSR count). The number of hydrogen-bond donors (Lipinski definition) is 1. The van der Waals surface area contributed by atoms with E-state index in [1.807, 2.05) is 11.4 Å². The molecule has 0 bridgehead atoms. The van der Waals surface area contributed by atoms with E-state index in [1.54, 1.807) is 15.9 Å². The molecule has 2 aromatic heterocycles. The highest BCUT2D eigenvalue weighted by atomic mass is 32.1. The molecular weight excluding hydrogens is 328 g/mol. The number of aromatic nitrogens is 2. The van der Waals surface area contributed by atoms with Gasteiger partial charge in [0, 0.05) is 17.8 Å². The van der Waals surface area contributed by atoms with Gasteiger partial charge in [0.1, 0.15) is 6.20 Å². The van der Waals surface area contributed by atoms with Gasteiger partial charge in [-0.05, 0) is 40.1 Å². The zero-order valence-corrected chi connectivity index (χ0v) is 14.1. The minimum absolute atomic E-state index is 0.0309. The molecule has 7 nitrogen and oxygen atoms in total. The molecule has 2 aromatic rings. The number of thiophene rings is 1. The molecule has 1 fully saturated rings. The van der Waals surface area contributed by atoms with Crippen LogP contribution in [0.4, 0.5) is 5.82 Å². The van der Waals surface area contributed by atoms with E-state index < -0.39 is 4.92 Å². The molecule has 0 radical (unpaired) electrons. The minimum atomic E-state index is -0.538. The van der Waals surface area contributed by atoms with Gasteiger partial charge in [0.15, 0.2) is 0 Å². The summed E-state index contributed by atoms with van der Waals surface area (Å²) in [5.41, 5.74) is 0. The lowest BCUT2D eigenvalue weighted by Gasteiger charge is -2.23. The van der Waals surface area contributed by atoms with E-state index in [4.69, 9.17) is 0 Å². The third kappa shape index (κ3) is 4.00. The largest absolute Gasteiger partial charge is 0.381 e. The number of nitrogens with one attached hydrogen (secondary N) is 1. The van der Waals surface area contributed by atoms with Crippen LogP contribution in [-0.4, -0.2) is 20.4 Å². The van der Waals surface area contributed by atoms with E-state index in [0.29, 0.717) is 12.5 Å². The first kappa shape index (κ1) is 16.6. The Balaban J connectivity index is 1.57. The predicted octanol–water partition coefficient (Wildman–Crippen LogP) is 3.29. The summed E-state index contributed by atoms with van der Waals surface area (Å²) < 4.78 is 1.58. The molecule has 2 heterocycles. The highest BCUT2D eigenvalue weighted by molar-refractivity contribution is 7.10. The third-order valence-corrected chi connectivity index (χ3v) is 5.40. The fraction of sp³-hybridized carbons (Fsp3) is 0.500. The van der Waals surface area contributed by atoms with Crippen LogP contribution in [0.1, 0.15) is 43.0 Å². The van der Waals surface area contributed by atoms with Crippen molar-refractivity contribution in [2.24, 2.45) is 5.92 Å². The van der Waals surface area contributed by atoms with Gasteiger partial charge in [0.05, 0.1) is 6.04 Å². The Morgan fingerprint density at radius 3 is 2.92 bits per heavy atom. The van der Waals surface area contributed by atoms with Crippen LogP contribution in [0.15, 0.2) is 30.0 Å². The summed E-state index contributed by atoms with van der Waals surface area (Å²) in [5.74, 6) is 0.274. The number of amides is 1. The molecule has 0 saturated heterocycles. The Labute approximate surface area is 143 Å². The van der Waals surface area contributed by atoms with Crippen LogP contribution in [0, 0.1) is 16.0 Å². The van der Waals surface area contributed by atoms with Crippen molar-refractivity contribution in [3.8, 4) is 0 Å². The van der Waals surface area contributed by atoms with Gasteiger partial charge in [0.2, 0.25) is 12.2 Å². The monoisotopic (exact) mass is 348 g/mol. The molecule has 0 spiro atoms. The highest BCUT2D eigenvalue weighted by Gasteiger charge is 2.28. The molecule has 1 aliphatic carbocycles. The fourth-order valence-corrected chi connectivity index (χ4v) is 4.09. The molecule has 1 atom stereocenters. The Kier molecular flexibility index (Phi) is 5.24. The molecule has 1 N–H and O–H groups in total. The van der Waals surface area contributed by atoms with Crippen LogP contribution in [-0.2, 0) is 11.3 Å². The van der Waals surface area contributed by atoms with Gasteiger partial charge < -0.3 is 20.0 Å². The quantitative estimate of drug-likeness (QED) is 0.614. The Hall–Kier alpha value is -2.22. The summed E-state index contributed by atoms with van der Waals surface area (Å²) in [5, 5.41) is 15.8. The molecule has 0 unspecified atom stereocenters. The van der Waals surface area contributed by atoms with E-state index in [1.165, 1.54) is 30.2 Å². The van der Waals surface area contributed by atoms with Gasteiger partial charge in [-0.1, -0.05) is 18.9 Å². The maximum atomic E-state index is 12.3. The molecule has 8 heteroatoms. The summed E-state index contributed by atoms with van der Waals surface area (Å²) in [4.78, 5) is 27.3. The third-order valence-electron chi connectivity index (χ3n) is 4.44. The van der Waals surface area contributed by atoms with Crippen LogP contribution in [0.2, 0.25) is 0 Å². The molecule has 1 amide bonds. The predicted molar refractivity (Wildman–Crippen MR) is 90.7 cm³/mol. The summed E-state index contributed by atoms with van der Waals surface area (Å²) >= 11 is 1.68. The zero-order chi connectivity index (χ0) is 16.9. The molecular formula is C16H20N4O3S. The number of imidazole rings is 1. The molecule has 128 valence electrons. The van der Waals surface area contributed by atoms with Crippen LogP contribution in [0.3, 0.4) is 0 Å². The fourth-order valence-electron chi connectivity index (χ4n) is 3.22. The van der Waals surface area contributed by atoms with Gasteiger partial charge in [-0.15, -0.1) is 11.3 Å². The Bertz CT molecular complexity index is 692. The van der Waals surface area contributed by atoms with E-state index in [2.05, 4.69) is 16.4 Å². The van der Waals surface area contributed by atoms with Crippen molar-refractivity contribution in [3.63, 3.8) is 0 Å². The summed E-state index contributed by atoms with van der Waals surface area (Å²) in [6, 6.07) is 4.17. The zero-order valence-electron chi connectivity index (χ0n) is 13.3. The SMILES string of the molecule is O=C(CCn1cnc([N+](=O)[O-])c1)N[C@H](c1cccs1)C1CCCC1. The van der Waals surface area contributed by atoms with Gasteiger partial charge in [0.25, 0.3) is 0 Å².